The molecule has 0 saturated heterocycles. The third-order valence-corrected chi connectivity index (χ3v) is 10.3. The first-order valence-corrected chi connectivity index (χ1v) is 21.0. The van der Waals surface area contributed by atoms with Crippen molar-refractivity contribution < 1.29 is 48.1 Å². The molecule has 2 aliphatic rings. The van der Waals surface area contributed by atoms with Gasteiger partial charge in [0.25, 0.3) is 5.91 Å². The Balaban J connectivity index is 1.50. The van der Waals surface area contributed by atoms with Gasteiger partial charge in [-0.3, -0.25) is 19.2 Å². The minimum atomic E-state index is -1.78. The average molecular weight is 822 g/mol. The van der Waals surface area contributed by atoms with Gasteiger partial charge in [-0.15, -0.1) is 0 Å². The summed E-state index contributed by atoms with van der Waals surface area (Å²) in [4.78, 5) is 80.6. The molecule has 1 fully saturated rings. The number of ether oxygens (including phenoxy) is 3. The summed E-state index contributed by atoms with van der Waals surface area (Å²) in [6.45, 7) is 7.05. The molecule has 5 atom stereocenters. The van der Waals surface area contributed by atoms with Gasteiger partial charge in [-0.2, -0.15) is 0 Å². The largest absolute Gasteiger partial charge is 0.494 e. The summed E-state index contributed by atoms with van der Waals surface area (Å²) in [7, 11) is 0. The molecule has 1 saturated carbocycles. The van der Waals surface area contributed by atoms with Gasteiger partial charge in [-0.25, -0.2) is 9.59 Å². The van der Waals surface area contributed by atoms with Gasteiger partial charge in [0.15, 0.2) is 12.1 Å². The second kappa shape index (κ2) is 23.4. The molecule has 0 aromatic heterocycles. The van der Waals surface area contributed by atoms with E-state index in [1.807, 2.05) is 31.2 Å². The summed E-state index contributed by atoms with van der Waals surface area (Å²) in [5, 5.41) is 24.7. The van der Waals surface area contributed by atoms with Gasteiger partial charge >= 0.3 is 12.1 Å². The van der Waals surface area contributed by atoms with Crippen LogP contribution in [0.3, 0.4) is 0 Å². The molecular formula is C44H63N5O10. The number of carbonyl (C=O) groups is 6. The van der Waals surface area contributed by atoms with Crippen LogP contribution in [0.15, 0.2) is 54.6 Å². The van der Waals surface area contributed by atoms with E-state index in [1.54, 1.807) is 51.1 Å². The lowest BCUT2D eigenvalue weighted by Crippen LogP contribution is -2.59. The lowest BCUT2D eigenvalue weighted by Gasteiger charge is -2.32. The highest BCUT2D eigenvalue weighted by Gasteiger charge is 2.36. The molecule has 2 aromatic rings. The Morgan fingerprint density at radius 1 is 0.864 bits per heavy atom. The van der Waals surface area contributed by atoms with E-state index in [1.165, 1.54) is 0 Å². The molecule has 1 aliphatic heterocycles. The summed E-state index contributed by atoms with van der Waals surface area (Å²) in [5.74, 6) is -3.07. The number of amides is 5. The van der Waals surface area contributed by atoms with Crippen LogP contribution in [0.25, 0.3) is 0 Å². The maximum absolute atomic E-state index is 14.2. The number of carbonyl (C=O) groups excluding carboxylic acids is 6. The van der Waals surface area contributed by atoms with E-state index in [-0.39, 0.29) is 25.4 Å². The predicted molar refractivity (Wildman–Crippen MR) is 220 cm³/mol. The first-order chi connectivity index (χ1) is 28.2. The highest BCUT2D eigenvalue weighted by atomic mass is 16.6. The van der Waals surface area contributed by atoms with Crippen molar-refractivity contribution in [1.82, 2.24) is 26.6 Å². The standard InChI is InChI=1S/C44H63N5O10/c1-5-17-33(38(51)41(54)45-28-35(50)48-37(31-21-12-9-13-22-31)42(55)59-44(2,3)4)46-39(52)34-27-29-18-16-23-32(26-29)57-24-14-6-7-15-25-58-43(56)49-36(40(53)47-34)30-19-10-8-11-20-30/h9,12-13,16,18,21-23,26,30,33-34,36-38,51H,5-8,10-11,14-15,17,19-20,24-25,27-28H2,1-4H3,(H,45,54)(H,46,52)(H,47,53)(H,48,50)(H,49,56). The molecule has 59 heavy (non-hydrogen) atoms. The first kappa shape index (κ1) is 46.5. The van der Waals surface area contributed by atoms with E-state index in [4.69, 9.17) is 14.2 Å². The number of fused-ring (bicyclic) bond motifs is 2. The fourth-order valence-electron chi connectivity index (χ4n) is 7.27. The molecule has 2 aromatic carbocycles. The molecule has 5 amide bonds. The Bertz CT molecular complexity index is 1690. The van der Waals surface area contributed by atoms with Gasteiger partial charge in [0.2, 0.25) is 17.7 Å². The SMILES string of the molecule is CCCC(NC(=O)C1Cc2cccc(c2)OCCCCCCOC(=O)NC(C2CCCCC2)C(=O)N1)C(O)C(=O)NCC(=O)NC(C(=O)OC(C)(C)C)c1ccccc1. The second-order valence-corrected chi connectivity index (χ2v) is 16.3. The van der Waals surface area contributed by atoms with Crippen molar-refractivity contribution in [3.8, 4) is 5.75 Å². The van der Waals surface area contributed by atoms with Gasteiger partial charge < -0.3 is 45.9 Å². The normalized spacial score (nSPS) is 20.3. The molecule has 1 heterocycles. The Hall–Kier alpha value is -5.18. The van der Waals surface area contributed by atoms with Crippen LogP contribution in [-0.4, -0.2) is 90.4 Å². The molecule has 5 unspecified atom stereocenters. The number of rotatable bonds is 12. The zero-order valence-electron chi connectivity index (χ0n) is 34.9. The van der Waals surface area contributed by atoms with Crippen LogP contribution in [0, 0.1) is 5.92 Å². The minimum absolute atomic E-state index is 0.0398. The summed E-state index contributed by atoms with van der Waals surface area (Å²) in [6, 6.07) is 11.4. The van der Waals surface area contributed by atoms with Crippen LogP contribution in [0.4, 0.5) is 4.79 Å². The lowest BCUT2D eigenvalue weighted by atomic mass is 9.83. The van der Waals surface area contributed by atoms with E-state index in [0.29, 0.717) is 36.3 Å². The number of esters is 1. The molecule has 2 bridgehead atoms. The first-order valence-electron chi connectivity index (χ1n) is 21.0. The maximum Gasteiger partial charge on any atom is 0.407 e. The van der Waals surface area contributed by atoms with Gasteiger partial charge in [0.05, 0.1) is 25.8 Å². The van der Waals surface area contributed by atoms with Gasteiger partial charge in [-0.1, -0.05) is 75.1 Å². The Morgan fingerprint density at radius 2 is 1.54 bits per heavy atom. The Morgan fingerprint density at radius 3 is 2.22 bits per heavy atom. The van der Waals surface area contributed by atoms with Crippen molar-refractivity contribution in [2.24, 2.45) is 5.92 Å². The van der Waals surface area contributed by atoms with Crippen molar-refractivity contribution in [2.45, 2.75) is 141 Å². The molecule has 324 valence electrons. The third-order valence-electron chi connectivity index (χ3n) is 10.3. The number of hydrogen-bond acceptors (Lipinski definition) is 10. The molecule has 4 rings (SSSR count). The Kier molecular flexibility index (Phi) is 18.5. The molecule has 15 nitrogen and oxygen atoms in total. The van der Waals surface area contributed by atoms with Crippen LogP contribution in [-0.2, 0) is 39.9 Å². The number of aliphatic hydroxyl groups is 1. The van der Waals surface area contributed by atoms with Gasteiger partial charge in [0.1, 0.15) is 23.4 Å². The summed E-state index contributed by atoms with van der Waals surface area (Å²) >= 11 is 0. The lowest BCUT2D eigenvalue weighted by molar-refractivity contribution is -0.158. The quantitative estimate of drug-likeness (QED) is 0.167. The summed E-state index contributed by atoms with van der Waals surface area (Å²) in [5.41, 5.74) is 0.357. The van der Waals surface area contributed by atoms with Crippen molar-refractivity contribution in [3.63, 3.8) is 0 Å². The fraction of sp³-hybridized carbons (Fsp3) is 0.591. The fourth-order valence-corrected chi connectivity index (χ4v) is 7.27. The highest BCUT2D eigenvalue weighted by molar-refractivity contribution is 5.93. The minimum Gasteiger partial charge on any atom is -0.494 e. The Labute approximate surface area is 347 Å². The van der Waals surface area contributed by atoms with Crippen molar-refractivity contribution in [2.75, 3.05) is 19.8 Å². The maximum atomic E-state index is 14.2. The van der Waals surface area contributed by atoms with Crippen LogP contribution in [0.2, 0.25) is 0 Å². The second-order valence-electron chi connectivity index (χ2n) is 16.3. The topological polar surface area (TPSA) is 210 Å². The van der Waals surface area contributed by atoms with Crippen molar-refractivity contribution in [3.05, 3.63) is 65.7 Å². The molecule has 1 aliphatic carbocycles. The number of cyclic esters (lactones) is 1. The molecule has 0 radical (unpaired) electrons. The monoisotopic (exact) mass is 821 g/mol. The number of aliphatic hydroxyl groups excluding tert-OH is 1. The van der Waals surface area contributed by atoms with Crippen LogP contribution in [0.5, 0.6) is 5.75 Å². The third kappa shape index (κ3) is 15.8. The van der Waals surface area contributed by atoms with Gasteiger partial charge in [0, 0.05) is 6.42 Å². The number of hydrogen-bond donors (Lipinski definition) is 6. The van der Waals surface area contributed by atoms with Crippen LogP contribution >= 0.6 is 0 Å². The van der Waals surface area contributed by atoms with Crippen molar-refractivity contribution in [1.29, 1.82) is 0 Å². The summed E-state index contributed by atoms with van der Waals surface area (Å²) < 4.78 is 16.9. The highest BCUT2D eigenvalue weighted by Crippen LogP contribution is 2.27. The number of nitrogens with one attached hydrogen (secondary N) is 5. The molecular weight excluding hydrogens is 759 g/mol. The molecule has 0 spiro atoms. The zero-order chi connectivity index (χ0) is 42.8. The summed E-state index contributed by atoms with van der Waals surface area (Å²) in [6.07, 6.45) is 5.72. The number of benzene rings is 2. The van der Waals surface area contributed by atoms with Crippen LogP contribution in [0.1, 0.15) is 115 Å². The van der Waals surface area contributed by atoms with E-state index < -0.39 is 78.1 Å². The van der Waals surface area contributed by atoms with Crippen molar-refractivity contribution >= 4 is 35.7 Å². The predicted octanol–water partition coefficient (Wildman–Crippen LogP) is 4.30. The van der Waals surface area contributed by atoms with Crippen LogP contribution < -0.4 is 31.3 Å². The number of alkyl carbamates (subject to hydrolysis) is 1. The van der Waals surface area contributed by atoms with E-state index in [0.717, 1.165) is 51.4 Å². The van der Waals surface area contributed by atoms with E-state index in [2.05, 4.69) is 26.6 Å². The van der Waals surface area contributed by atoms with E-state index >= 15 is 0 Å². The zero-order valence-corrected chi connectivity index (χ0v) is 34.9. The average Bonchev–Trinajstić information content (AvgIpc) is 3.21. The molecule has 6 N–H and O–H groups in total. The smallest absolute Gasteiger partial charge is 0.407 e. The van der Waals surface area contributed by atoms with E-state index in [9.17, 15) is 33.9 Å². The van der Waals surface area contributed by atoms with Gasteiger partial charge in [-0.05, 0) is 94.9 Å². The molecule has 15 heteroatoms.